The van der Waals surface area contributed by atoms with E-state index in [1.807, 2.05) is 0 Å². The van der Waals surface area contributed by atoms with Gasteiger partial charge in [-0.2, -0.15) is 0 Å². The number of allylic oxidation sites excluding steroid dienone is 1. The molecule has 0 radical (unpaired) electrons. The first kappa shape index (κ1) is 22.7. The van der Waals surface area contributed by atoms with Crippen LogP contribution >= 0.6 is 0 Å². The first-order chi connectivity index (χ1) is 12.0. The molecular formula is C23H44O2. The molecule has 0 fully saturated rings. The molecule has 0 amide bonds. The quantitative estimate of drug-likeness (QED) is 0.259. The van der Waals surface area contributed by atoms with Gasteiger partial charge in [-0.3, -0.25) is 0 Å². The third-order valence-electron chi connectivity index (χ3n) is 5.55. The summed E-state index contributed by atoms with van der Waals surface area (Å²) < 4.78 is 0. The average molecular weight is 353 g/mol. The minimum absolute atomic E-state index is 0.214. The van der Waals surface area contributed by atoms with Crippen molar-refractivity contribution in [2.75, 3.05) is 6.61 Å². The minimum Gasteiger partial charge on any atom is -0.396 e. The van der Waals surface area contributed by atoms with E-state index in [-0.39, 0.29) is 11.5 Å². The summed E-state index contributed by atoms with van der Waals surface area (Å²) in [4.78, 5) is 0. The second kappa shape index (κ2) is 13.8. The Labute approximate surface area is 157 Å². The van der Waals surface area contributed by atoms with E-state index in [4.69, 9.17) is 5.11 Å². The molecule has 1 aliphatic carbocycles. The molecule has 0 aromatic carbocycles. The molecule has 0 bridgehead atoms. The van der Waals surface area contributed by atoms with Crippen LogP contribution in [0.1, 0.15) is 117 Å². The average Bonchev–Trinajstić information content (AvgIpc) is 2.53. The number of rotatable bonds is 15. The lowest BCUT2D eigenvalue weighted by Crippen LogP contribution is -2.24. The van der Waals surface area contributed by atoms with Crippen molar-refractivity contribution in [1.29, 1.82) is 0 Å². The summed E-state index contributed by atoms with van der Waals surface area (Å²) >= 11 is 0. The molecule has 1 aliphatic rings. The van der Waals surface area contributed by atoms with Crippen molar-refractivity contribution in [3.63, 3.8) is 0 Å². The van der Waals surface area contributed by atoms with Crippen LogP contribution in [0.25, 0.3) is 0 Å². The van der Waals surface area contributed by atoms with Gasteiger partial charge in [0.05, 0.1) is 6.10 Å². The second-order valence-corrected chi connectivity index (χ2v) is 9.01. The summed E-state index contributed by atoms with van der Waals surface area (Å²) in [6, 6.07) is 0. The lowest BCUT2D eigenvalue weighted by atomic mass is 9.75. The smallest absolute Gasteiger partial charge is 0.0728 e. The maximum absolute atomic E-state index is 9.94. The van der Waals surface area contributed by atoms with Gasteiger partial charge in [-0.15, -0.1) is 0 Å². The van der Waals surface area contributed by atoms with Crippen LogP contribution in [0.4, 0.5) is 0 Å². The Bertz CT molecular complexity index is 346. The van der Waals surface area contributed by atoms with Crippen LogP contribution in [0.3, 0.4) is 0 Å². The Hall–Kier alpha value is -0.340. The van der Waals surface area contributed by atoms with E-state index < -0.39 is 0 Å². The van der Waals surface area contributed by atoms with Crippen LogP contribution < -0.4 is 0 Å². The van der Waals surface area contributed by atoms with Gasteiger partial charge in [0, 0.05) is 6.61 Å². The van der Waals surface area contributed by atoms with Gasteiger partial charge in [-0.1, -0.05) is 96.1 Å². The van der Waals surface area contributed by atoms with Crippen molar-refractivity contribution in [3.8, 4) is 0 Å². The SMILES string of the molecule is CC1(C)CC(CCCCCCCCCCCCCCCO)=CC(O)C1. The van der Waals surface area contributed by atoms with Crippen LogP contribution in [0.15, 0.2) is 11.6 Å². The Balaban J connectivity index is 1.85. The summed E-state index contributed by atoms with van der Waals surface area (Å²) in [5.41, 5.74) is 1.77. The zero-order valence-electron chi connectivity index (χ0n) is 17.1. The molecule has 0 spiro atoms. The van der Waals surface area contributed by atoms with Gasteiger partial charge in [0.2, 0.25) is 0 Å². The van der Waals surface area contributed by atoms with Crippen molar-refractivity contribution in [3.05, 3.63) is 11.6 Å². The molecule has 2 nitrogen and oxygen atoms in total. The normalized spacial score (nSPS) is 19.8. The summed E-state index contributed by atoms with van der Waals surface area (Å²) in [5, 5.41) is 18.7. The zero-order valence-corrected chi connectivity index (χ0v) is 17.1. The molecule has 0 aromatic rings. The standard InChI is InChI=1S/C23H44O2/c1-23(2)19-21(18-22(25)20-23)16-14-12-10-8-6-4-3-5-7-9-11-13-15-17-24/h18,22,24-25H,3-17,19-20H2,1-2H3. The van der Waals surface area contributed by atoms with Gasteiger partial charge in [0.25, 0.3) is 0 Å². The van der Waals surface area contributed by atoms with Crippen LogP contribution in [-0.2, 0) is 0 Å². The fourth-order valence-electron chi connectivity index (χ4n) is 4.22. The Morgan fingerprint density at radius 2 is 1.24 bits per heavy atom. The van der Waals surface area contributed by atoms with E-state index in [2.05, 4.69) is 19.9 Å². The number of unbranched alkanes of at least 4 members (excludes halogenated alkanes) is 12. The summed E-state index contributed by atoms with van der Waals surface area (Å²) in [7, 11) is 0. The molecule has 1 atom stereocenters. The molecule has 2 N–H and O–H groups in total. The van der Waals surface area contributed by atoms with Crippen molar-refractivity contribution in [2.24, 2.45) is 5.41 Å². The van der Waals surface area contributed by atoms with Gasteiger partial charge >= 0.3 is 0 Å². The molecule has 2 heteroatoms. The van der Waals surface area contributed by atoms with Crippen molar-refractivity contribution in [2.45, 2.75) is 123 Å². The highest BCUT2D eigenvalue weighted by Gasteiger charge is 2.27. The number of aliphatic hydroxyl groups excluding tert-OH is 2. The highest BCUT2D eigenvalue weighted by atomic mass is 16.3. The van der Waals surface area contributed by atoms with Crippen molar-refractivity contribution >= 4 is 0 Å². The highest BCUT2D eigenvalue weighted by Crippen LogP contribution is 2.37. The number of hydrogen-bond acceptors (Lipinski definition) is 2. The summed E-state index contributed by atoms with van der Waals surface area (Å²) in [6.45, 7) is 4.91. The van der Waals surface area contributed by atoms with Crippen LogP contribution in [0.5, 0.6) is 0 Å². The first-order valence-corrected chi connectivity index (χ1v) is 11.0. The second-order valence-electron chi connectivity index (χ2n) is 9.01. The predicted molar refractivity (Wildman–Crippen MR) is 109 cm³/mol. The van der Waals surface area contributed by atoms with E-state index in [9.17, 15) is 5.11 Å². The summed E-state index contributed by atoms with van der Waals surface area (Å²) in [5.74, 6) is 0. The number of aliphatic hydroxyl groups is 2. The highest BCUT2D eigenvalue weighted by molar-refractivity contribution is 5.12. The lowest BCUT2D eigenvalue weighted by Gasteiger charge is -2.32. The topological polar surface area (TPSA) is 40.5 Å². The van der Waals surface area contributed by atoms with Gasteiger partial charge in [-0.05, 0) is 37.5 Å². The monoisotopic (exact) mass is 352 g/mol. The number of hydrogen-bond donors (Lipinski definition) is 2. The van der Waals surface area contributed by atoms with Crippen molar-refractivity contribution < 1.29 is 10.2 Å². The Morgan fingerprint density at radius 1 is 0.800 bits per heavy atom. The molecule has 1 unspecified atom stereocenters. The third-order valence-corrected chi connectivity index (χ3v) is 5.55. The molecule has 0 aliphatic heterocycles. The van der Waals surface area contributed by atoms with E-state index in [0.717, 1.165) is 12.8 Å². The molecule has 0 saturated heterocycles. The minimum atomic E-state index is -0.214. The largest absolute Gasteiger partial charge is 0.396 e. The Morgan fingerprint density at radius 3 is 1.68 bits per heavy atom. The fourth-order valence-corrected chi connectivity index (χ4v) is 4.22. The maximum Gasteiger partial charge on any atom is 0.0728 e. The zero-order chi connectivity index (χ0) is 18.4. The molecule has 0 heterocycles. The first-order valence-electron chi connectivity index (χ1n) is 11.0. The molecule has 25 heavy (non-hydrogen) atoms. The maximum atomic E-state index is 9.94. The van der Waals surface area contributed by atoms with Gasteiger partial charge < -0.3 is 10.2 Å². The molecule has 0 aromatic heterocycles. The van der Waals surface area contributed by atoms with E-state index in [1.54, 1.807) is 0 Å². The van der Waals surface area contributed by atoms with E-state index in [1.165, 1.54) is 95.5 Å². The molecular weight excluding hydrogens is 308 g/mol. The van der Waals surface area contributed by atoms with Crippen LogP contribution in [0.2, 0.25) is 0 Å². The summed E-state index contributed by atoms with van der Waals surface area (Å²) in [6.07, 6.45) is 22.4. The Kier molecular flexibility index (Phi) is 12.5. The predicted octanol–water partition coefficient (Wildman–Crippen LogP) is 6.55. The third kappa shape index (κ3) is 12.6. The van der Waals surface area contributed by atoms with Crippen molar-refractivity contribution in [1.82, 2.24) is 0 Å². The molecule has 1 rings (SSSR count). The fraction of sp³-hybridized carbons (Fsp3) is 0.913. The lowest BCUT2D eigenvalue weighted by molar-refractivity contribution is 0.137. The van der Waals surface area contributed by atoms with Crippen LogP contribution in [-0.4, -0.2) is 22.9 Å². The van der Waals surface area contributed by atoms with Gasteiger partial charge in [0.15, 0.2) is 0 Å². The molecule has 148 valence electrons. The van der Waals surface area contributed by atoms with Gasteiger partial charge in [-0.25, -0.2) is 0 Å². The van der Waals surface area contributed by atoms with E-state index in [0.29, 0.717) is 6.61 Å². The van der Waals surface area contributed by atoms with Crippen LogP contribution in [0, 0.1) is 5.41 Å². The van der Waals surface area contributed by atoms with Gasteiger partial charge in [0.1, 0.15) is 0 Å². The van der Waals surface area contributed by atoms with E-state index >= 15 is 0 Å². The molecule has 0 saturated carbocycles.